The summed E-state index contributed by atoms with van der Waals surface area (Å²) in [6.07, 6.45) is 6.94. The normalized spacial score (nSPS) is 18.0. The lowest BCUT2D eigenvalue weighted by Crippen LogP contribution is -2.37. The van der Waals surface area contributed by atoms with Crippen molar-refractivity contribution in [1.29, 1.82) is 0 Å². The zero-order valence-electron chi connectivity index (χ0n) is 13.4. The second-order valence-corrected chi connectivity index (χ2v) is 6.97. The minimum absolute atomic E-state index is 0.423. The molecular formula is C16H19N7S. The van der Waals surface area contributed by atoms with Gasteiger partial charge in [-0.05, 0) is 32.3 Å². The number of rotatable bonds is 3. The third-order valence-corrected chi connectivity index (χ3v) is 5.39. The van der Waals surface area contributed by atoms with Gasteiger partial charge in [0.25, 0.3) is 0 Å². The molecule has 0 bridgehead atoms. The van der Waals surface area contributed by atoms with Gasteiger partial charge in [0, 0.05) is 24.8 Å². The smallest absolute Gasteiger partial charge is 0.186 e. The summed E-state index contributed by atoms with van der Waals surface area (Å²) >= 11 is 1.67. The molecule has 4 heterocycles. The first-order chi connectivity index (χ1) is 11.7. The van der Waals surface area contributed by atoms with Crippen LogP contribution in [0.2, 0.25) is 0 Å². The maximum Gasteiger partial charge on any atom is 0.186 e. The third kappa shape index (κ3) is 2.84. The molecule has 1 atom stereocenters. The maximum atomic E-state index is 5.71. The molecule has 0 aromatic carbocycles. The largest absolute Gasteiger partial charge is 0.384 e. The van der Waals surface area contributed by atoms with E-state index in [-0.39, 0.29) is 0 Å². The van der Waals surface area contributed by atoms with Crippen LogP contribution in [0.1, 0.15) is 26.2 Å². The zero-order chi connectivity index (χ0) is 16.5. The van der Waals surface area contributed by atoms with Crippen molar-refractivity contribution in [2.45, 2.75) is 32.2 Å². The monoisotopic (exact) mass is 341 g/mol. The van der Waals surface area contributed by atoms with E-state index in [9.17, 15) is 0 Å². The highest BCUT2D eigenvalue weighted by atomic mass is 32.1. The van der Waals surface area contributed by atoms with Gasteiger partial charge in [-0.3, -0.25) is 0 Å². The first-order valence-electron chi connectivity index (χ1n) is 8.07. The zero-order valence-corrected chi connectivity index (χ0v) is 14.3. The van der Waals surface area contributed by atoms with Crippen LogP contribution in [0.5, 0.6) is 0 Å². The summed E-state index contributed by atoms with van der Waals surface area (Å²) < 4.78 is 1.03. The Hall–Kier alpha value is -2.48. The number of nitrogens with two attached hydrogens (primary N) is 1. The fraction of sp³-hybridized carbons (Fsp3) is 0.375. The van der Waals surface area contributed by atoms with Crippen molar-refractivity contribution < 1.29 is 0 Å². The van der Waals surface area contributed by atoms with Gasteiger partial charge in [-0.2, -0.15) is 0 Å². The van der Waals surface area contributed by atoms with Gasteiger partial charge in [0.2, 0.25) is 0 Å². The van der Waals surface area contributed by atoms with Crippen LogP contribution >= 0.6 is 11.3 Å². The maximum absolute atomic E-state index is 5.71. The van der Waals surface area contributed by atoms with Crippen LogP contribution in [0.3, 0.4) is 0 Å². The lowest BCUT2D eigenvalue weighted by atomic mass is 10.1. The van der Waals surface area contributed by atoms with E-state index in [1.165, 1.54) is 25.6 Å². The summed E-state index contributed by atoms with van der Waals surface area (Å²) in [7, 11) is 0. The molecule has 3 aromatic rings. The minimum atomic E-state index is 0.423. The molecule has 0 aliphatic carbocycles. The van der Waals surface area contributed by atoms with Crippen molar-refractivity contribution in [3.63, 3.8) is 0 Å². The van der Waals surface area contributed by atoms with Gasteiger partial charge < -0.3 is 16.0 Å². The van der Waals surface area contributed by atoms with Crippen LogP contribution in [0.25, 0.3) is 10.2 Å². The predicted molar refractivity (Wildman–Crippen MR) is 97.8 cm³/mol. The number of anilines is 4. The molecule has 24 heavy (non-hydrogen) atoms. The molecule has 0 saturated carbocycles. The van der Waals surface area contributed by atoms with Crippen molar-refractivity contribution in [3.8, 4) is 0 Å². The third-order valence-electron chi connectivity index (χ3n) is 4.28. The number of aromatic nitrogens is 4. The Morgan fingerprint density at radius 1 is 1.29 bits per heavy atom. The highest BCUT2D eigenvalue weighted by molar-refractivity contribution is 7.22. The molecule has 124 valence electrons. The van der Waals surface area contributed by atoms with Crippen LogP contribution in [-0.4, -0.2) is 32.5 Å². The van der Waals surface area contributed by atoms with Crippen molar-refractivity contribution in [3.05, 3.63) is 24.7 Å². The van der Waals surface area contributed by atoms with Gasteiger partial charge in [-0.15, -0.1) is 0 Å². The second-order valence-electron chi connectivity index (χ2n) is 6.00. The molecule has 0 amide bonds. The van der Waals surface area contributed by atoms with Gasteiger partial charge in [0.1, 0.15) is 18.0 Å². The summed E-state index contributed by atoms with van der Waals surface area (Å²) in [6.45, 7) is 3.34. The lowest BCUT2D eigenvalue weighted by molar-refractivity contribution is 0.484. The summed E-state index contributed by atoms with van der Waals surface area (Å²) in [4.78, 5) is 19.8. The van der Waals surface area contributed by atoms with Crippen molar-refractivity contribution in [2.24, 2.45) is 0 Å². The predicted octanol–water partition coefficient (Wildman–Crippen LogP) is 3.19. The number of thiazole rings is 1. The number of hydrogen-bond donors (Lipinski definition) is 2. The molecule has 3 N–H and O–H groups in total. The van der Waals surface area contributed by atoms with Crippen LogP contribution in [0.4, 0.5) is 22.6 Å². The number of pyridine rings is 1. The van der Waals surface area contributed by atoms with E-state index in [0.717, 1.165) is 27.7 Å². The van der Waals surface area contributed by atoms with Crippen LogP contribution in [-0.2, 0) is 0 Å². The molecule has 3 aromatic heterocycles. The van der Waals surface area contributed by atoms with Crippen molar-refractivity contribution >= 4 is 44.1 Å². The quantitative estimate of drug-likeness (QED) is 0.755. The molecule has 1 unspecified atom stereocenters. The fourth-order valence-corrected chi connectivity index (χ4v) is 4.13. The Labute approximate surface area is 144 Å². The van der Waals surface area contributed by atoms with Crippen LogP contribution in [0.15, 0.2) is 24.7 Å². The summed E-state index contributed by atoms with van der Waals surface area (Å²) in [6, 6.07) is 4.17. The Bertz CT molecular complexity index is 863. The highest BCUT2D eigenvalue weighted by Crippen LogP contribution is 2.36. The first-order valence-corrected chi connectivity index (χ1v) is 8.89. The van der Waals surface area contributed by atoms with E-state index >= 15 is 0 Å². The lowest BCUT2D eigenvalue weighted by Gasteiger charge is -2.32. The first kappa shape index (κ1) is 15.1. The van der Waals surface area contributed by atoms with E-state index in [1.54, 1.807) is 23.6 Å². The highest BCUT2D eigenvalue weighted by Gasteiger charge is 2.22. The van der Waals surface area contributed by atoms with Crippen LogP contribution < -0.4 is 16.0 Å². The average Bonchev–Trinajstić information content (AvgIpc) is 3.00. The van der Waals surface area contributed by atoms with E-state index in [1.807, 2.05) is 6.07 Å². The number of piperidine rings is 1. The molecule has 0 spiro atoms. The van der Waals surface area contributed by atoms with Gasteiger partial charge >= 0.3 is 0 Å². The van der Waals surface area contributed by atoms with E-state index in [0.29, 0.717) is 17.7 Å². The minimum Gasteiger partial charge on any atom is -0.384 e. The molecule has 1 saturated heterocycles. The number of nitrogens with one attached hydrogen (secondary N) is 1. The number of nitrogen functional groups attached to an aromatic ring is 1. The summed E-state index contributed by atoms with van der Waals surface area (Å²) in [5.74, 6) is 1.80. The summed E-state index contributed by atoms with van der Waals surface area (Å²) in [5.41, 5.74) is 6.67. The van der Waals surface area contributed by atoms with E-state index in [2.05, 4.69) is 32.1 Å². The Balaban J connectivity index is 1.69. The van der Waals surface area contributed by atoms with Gasteiger partial charge in [-0.1, -0.05) is 11.3 Å². The summed E-state index contributed by atoms with van der Waals surface area (Å²) in [5, 5.41) is 4.29. The second kappa shape index (κ2) is 6.20. The van der Waals surface area contributed by atoms with Crippen molar-refractivity contribution in [1.82, 2.24) is 19.9 Å². The SMILES string of the molecule is CC1CCCCN1c1nc2ccnc(Nc3cc(N)ncn3)c2s1. The fourth-order valence-electron chi connectivity index (χ4n) is 3.00. The van der Waals surface area contributed by atoms with Crippen LogP contribution in [0, 0.1) is 0 Å². The van der Waals surface area contributed by atoms with Crippen molar-refractivity contribution in [2.75, 3.05) is 22.5 Å². The molecule has 1 aliphatic rings. The number of nitrogens with zero attached hydrogens (tertiary/aromatic N) is 5. The Morgan fingerprint density at radius 3 is 3.04 bits per heavy atom. The topological polar surface area (TPSA) is 92.9 Å². The van der Waals surface area contributed by atoms with E-state index < -0.39 is 0 Å². The molecule has 7 nitrogen and oxygen atoms in total. The molecule has 8 heteroatoms. The van der Waals surface area contributed by atoms with Gasteiger partial charge in [0.05, 0.1) is 10.2 Å². The Morgan fingerprint density at radius 2 is 2.21 bits per heavy atom. The van der Waals surface area contributed by atoms with Gasteiger partial charge in [-0.25, -0.2) is 19.9 Å². The Kier molecular flexibility index (Phi) is 3.89. The number of fused-ring (bicyclic) bond motifs is 1. The van der Waals surface area contributed by atoms with Gasteiger partial charge in [0.15, 0.2) is 10.9 Å². The molecule has 1 fully saturated rings. The van der Waals surface area contributed by atoms with E-state index in [4.69, 9.17) is 10.7 Å². The molecule has 0 radical (unpaired) electrons. The molecule has 4 rings (SSSR count). The molecule has 1 aliphatic heterocycles. The number of hydrogen-bond acceptors (Lipinski definition) is 8. The standard InChI is InChI=1S/C16H19N7S/c1-10-4-2-3-7-23(10)16-21-11-5-6-18-15(14(11)24-16)22-13-8-12(17)19-9-20-13/h5-6,8-10H,2-4,7H2,1H3,(H3,17,18,19,20,22). The average molecular weight is 341 g/mol. The molecular weight excluding hydrogens is 322 g/mol.